The second-order valence-electron chi connectivity index (χ2n) is 9.05. The van der Waals surface area contributed by atoms with E-state index in [1.807, 2.05) is 30.0 Å². The molecular weight excluding hydrogens is 474 g/mol. The number of sulfonamides is 1. The van der Waals surface area contributed by atoms with E-state index in [4.69, 9.17) is 16.3 Å². The lowest BCUT2D eigenvalue weighted by Gasteiger charge is -2.39. The number of aryl methyl sites for hydroxylation is 2. The summed E-state index contributed by atoms with van der Waals surface area (Å²) < 4.78 is 33.0. The average molecular weight is 506 g/mol. The van der Waals surface area contributed by atoms with Crippen LogP contribution in [0.15, 0.2) is 41.3 Å². The molecule has 2 heterocycles. The number of carbonyl (C=O) groups is 1. The van der Waals surface area contributed by atoms with Gasteiger partial charge in [-0.3, -0.25) is 4.79 Å². The van der Waals surface area contributed by atoms with Crippen LogP contribution in [0.2, 0.25) is 5.02 Å². The Bertz CT molecular complexity index is 1150. The van der Waals surface area contributed by atoms with Gasteiger partial charge in [-0.05, 0) is 68.1 Å². The molecule has 0 radical (unpaired) electrons. The van der Waals surface area contributed by atoms with Gasteiger partial charge in [-0.15, -0.1) is 0 Å². The highest BCUT2D eigenvalue weighted by Gasteiger charge is 2.35. The Morgan fingerprint density at radius 3 is 2.24 bits per heavy atom. The summed E-state index contributed by atoms with van der Waals surface area (Å²) >= 11 is 6.18. The predicted octanol–water partition coefficient (Wildman–Crippen LogP) is 3.71. The van der Waals surface area contributed by atoms with Crippen molar-refractivity contribution in [1.82, 2.24) is 9.21 Å². The number of methoxy groups -OCH3 is 1. The Morgan fingerprint density at radius 1 is 0.941 bits per heavy atom. The largest absolute Gasteiger partial charge is 0.496 e. The molecule has 0 spiro atoms. The standard InChI is InChI=1S/C25H32ClN3O4S/c1-18-4-5-21(26)17-23(18)27-12-14-28(15-13-27)25(30)20-8-10-29(11-9-20)34(31,32)22-6-7-24(33-3)19(2)16-22/h4-7,16-17,20H,8-15H2,1-3H3. The van der Waals surface area contributed by atoms with Crippen LogP contribution in [0.4, 0.5) is 5.69 Å². The number of hydrogen-bond donors (Lipinski definition) is 0. The highest BCUT2D eigenvalue weighted by atomic mass is 35.5. The second kappa shape index (κ2) is 10.1. The smallest absolute Gasteiger partial charge is 0.243 e. The van der Waals surface area contributed by atoms with Crippen molar-refractivity contribution < 1.29 is 17.9 Å². The SMILES string of the molecule is COc1ccc(S(=O)(=O)N2CCC(C(=O)N3CCN(c4cc(Cl)ccc4C)CC3)CC2)cc1C. The molecule has 0 unspecified atom stereocenters. The van der Waals surface area contributed by atoms with Crippen molar-refractivity contribution in [3.05, 3.63) is 52.5 Å². The molecule has 0 aliphatic carbocycles. The third-order valence-corrected chi connectivity index (χ3v) is 9.04. The number of anilines is 1. The number of hydrogen-bond acceptors (Lipinski definition) is 5. The van der Waals surface area contributed by atoms with Gasteiger partial charge in [0.1, 0.15) is 5.75 Å². The molecule has 0 aromatic heterocycles. The number of rotatable bonds is 5. The Labute approximate surface area is 207 Å². The number of amides is 1. The quantitative estimate of drug-likeness (QED) is 0.619. The van der Waals surface area contributed by atoms with E-state index in [-0.39, 0.29) is 16.7 Å². The molecule has 0 N–H and O–H groups in total. The number of benzene rings is 2. The molecule has 34 heavy (non-hydrogen) atoms. The minimum absolute atomic E-state index is 0.136. The molecule has 2 saturated heterocycles. The number of ether oxygens (including phenoxy) is 1. The van der Waals surface area contributed by atoms with E-state index >= 15 is 0 Å². The third-order valence-electron chi connectivity index (χ3n) is 6.91. The van der Waals surface area contributed by atoms with Crippen LogP contribution in [0.5, 0.6) is 5.75 Å². The molecule has 184 valence electrons. The van der Waals surface area contributed by atoms with Crippen LogP contribution in [0.25, 0.3) is 0 Å². The molecule has 0 atom stereocenters. The maximum atomic E-state index is 13.2. The van der Waals surface area contributed by atoms with Gasteiger partial charge < -0.3 is 14.5 Å². The molecule has 7 nitrogen and oxygen atoms in total. The fraction of sp³-hybridized carbons (Fsp3) is 0.480. The number of carbonyl (C=O) groups excluding carboxylic acids is 1. The van der Waals surface area contributed by atoms with Crippen LogP contribution in [-0.2, 0) is 14.8 Å². The molecule has 1 amide bonds. The van der Waals surface area contributed by atoms with Gasteiger partial charge in [0.15, 0.2) is 0 Å². The van der Waals surface area contributed by atoms with Crippen LogP contribution in [0.1, 0.15) is 24.0 Å². The monoisotopic (exact) mass is 505 g/mol. The first-order valence-corrected chi connectivity index (χ1v) is 13.5. The summed E-state index contributed by atoms with van der Waals surface area (Å²) in [6, 6.07) is 10.8. The Hall–Kier alpha value is -2.29. The molecule has 2 fully saturated rings. The summed E-state index contributed by atoms with van der Waals surface area (Å²) in [5.74, 6) is 0.664. The number of piperazine rings is 1. The molecule has 9 heteroatoms. The lowest BCUT2D eigenvalue weighted by atomic mass is 9.96. The van der Waals surface area contributed by atoms with Crippen molar-refractivity contribution >= 4 is 33.2 Å². The normalized spacial score (nSPS) is 18.2. The first-order valence-electron chi connectivity index (χ1n) is 11.7. The lowest BCUT2D eigenvalue weighted by molar-refractivity contribution is -0.137. The Balaban J connectivity index is 1.33. The van der Waals surface area contributed by atoms with E-state index < -0.39 is 10.0 Å². The summed E-state index contributed by atoms with van der Waals surface area (Å²) in [6.07, 6.45) is 1.08. The van der Waals surface area contributed by atoms with Crippen molar-refractivity contribution in [3.8, 4) is 5.75 Å². The summed E-state index contributed by atoms with van der Waals surface area (Å²) in [5, 5.41) is 0.714. The van der Waals surface area contributed by atoms with Crippen LogP contribution >= 0.6 is 11.6 Å². The van der Waals surface area contributed by atoms with E-state index in [0.29, 0.717) is 49.8 Å². The van der Waals surface area contributed by atoms with Crippen LogP contribution in [-0.4, -0.2) is 69.9 Å². The van der Waals surface area contributed by atoms with Gasteiger partial charge in [-0.1, -0.05) is 17.7 Å². The highest BCUT2D eigenvalue weighted by Crippen LogP contribution is 2.29. The van der Waals surface area contributed by atoms with Crippen molar-refractivity contribution in [2.75, 3.05) is 51.3 Å². The highest BCUT2D eigenvalue weighted by molar-refractivity contribution is 7.89. The number of piperidine rings is 1. The van der Waals surface area contributed by atoms with Crippen LogP contribution in [0.3, 0.4) is 0 Å². The van der Waals surface area contributed by atoms with Gasteiger partial charge in [-0.25, -0.2) is 8.42 Å². The van der Waals surface area contributed by atoms with Gasteiger partial charge in [0.25, 0.3) is 0 Å². The minimum Gasteiger partial charge on any atom is -0.496 e. The predicted molar refractivity (Wildman–Crippen MR) is 134 cm³/mol. The van der Waals surface area contributed by atoms with Gasteiger partial charge in [0, 0.05) is 55.9 Å². The fourth-order valence-electron chi connectivity index (χ4n) is 4.85. The van der Waals surface area contributed by atoms with Crippen molar-refractivity contribution in [2.45, 2.75) is 31.6 Å². The third kappa shape index (κ3) is 5.04. The van der Waals surface area contributed by atoms with E-state index in [1.54, 1.807) is 25.3 Å². The minimum atomic E-state index is -3.59. The molecule has 4 rings (SSSR count). The first kappa shape index (κ1) is 24.8. The molecule has 0 saturated carbocycles. The topological polar surface area (TPSA) is 70.2 Å². The van der Waals surface area contributed by atoms with Crippen molar-refractivity contribution in [1.29, 1.82) is 0 Å². The first-order chi connectivity index (χ1) is 16.2. The zero-order chi connectivity index (χ0) is 24.5. The van der Waals surface area contributed by atoms with E-state index in [2.05, 4.69) is 11.8 Å². The molecule has 0 bridgehead atoms. The van der Waals surface area contributed by atoms with Crippen molar-refractivity contribution in [2.24, 2.45) is 5.92 Å². The van der Waals surface area contributed by atoms with Gasteiger partial charge in [0.2, 0.25) is 15.9 Å². The Kier molecular flexibility index (Phi) is 7.40. The fourth-order valence-corrected chi connectivity index (χ4v) is 6.57. The maximum absolute atomic E-state index is 13.2. The summed E-state index contributed by atoms with van der Waals surface area (Å²) in [6.45, 7) is 7.45. The zero-order valence-corrected chi connectivity index (χ0v) is 21.5. The molecular formula is C25H32ClN3O4S. The Morgan fingerprint density at radius 2 is 1.62 bits per heavy atom. The van der Waals surface area contributed by atoms with E-state index in [9.17, 15) is 13.2 Å². The van der Waals surface area contributed by atoms with E-state index in [1.165, 1.54) is 9.87 Å². The van der Waals surface area contributed by atoms with Crippen LogP contribution in [0, 0.1) is 19.8 Å². The maximum Gasteiger partial charge on any atom is 0.243 e. The van der Waals surface area contributed by atoms with E-state index in [0.717, 1.165) is 24.3 Å². The molecule has 2 aromatic carbocycles. The van der Waals surface area contributed by atoms with Crippen molar-refractivity contribution in [3.63, 3.8) is 0 Å². The average Bonchev–Trinajstić information content (AvgIpc) is 2.85. The van der Waals surface area contributed by atoms with Gasteiger partial charge in [-0.2, -0.15) is 4.31 Å². The zero-order valence-electron chi connectivity index (χ0n) is 20.0. The number of nitrogens with zero attached hydrogens (tertiary/aromatic N) is 3. The summed E-state index contributed by atoms with van der Waals surface area (Å²) in [5.41, 5.74) is 3.07. The second-order valence-corrected chi connectivity index (χ2v) is 11.4. The molecule has 2 aromatic rings. The van der Waals surface area contributed by atoms with Crippen LogP contribution < -0.4 is 9.64 Å². The lowest BCUT2D eigenvalue weighted by Crippen LogP contribution is -2.52. The molecule has 2 aliphatic heterocycles. The summed E-state index contributed by atoms with van der Waals surface area (Å²) in [4.78, 5) is 17.6. The van der Waals surface area contributed by atoms with Gasteiger partial charge in [0.05, 0.1) is 12.0 Å². The number of halogens is 1. The summed E-state index contributed by atoms with van der Waals surface area (Å²) in [7, 11) is -2.03. The molecule has 2 aliphatic rings. The van der Waals surface area contributed by atoms with Gasteiger partial charge >= 0.3 is 0 Å².